The topological polar surface area (TPSA) is 622 Å². The van der Waals surface area contributed by atoms with Crippen molar-refractivity contribution in [2.24, 2.45) is 5.73 Å². The number of aliphatic hydroxyl groups is 17. The fourth-order valence-electron chi connectivity index (χ4n) is 11.6. The molecule has 0 unspecified atom stereocenters. The number of aliphatic hydroxyl groups excluding tert-OH is 17. The summed E-state index contributed by atoms with van der Waals surface area (Å²) < 4.78 is 71.1. The number of hydrogen-bond acceptors (Lipinski definition) is 34. The van der Waals surface area contributed by atoms with E-state index >= 15 is 0 Å². The van der Waals surface area contributed by atoms with Crippen molar-refractivity contribution < 1.29 is 173 Å². The molecule has 0 spiro atoms. The Morgan fingerprint density at radius 3 is 1.63 bits per heavy atom. The third-order valence-corrected chi connectivity index (χ3v) is 16.5. The Morgan fingerprint density at radius 2 is 1.04 bits per heavy atom. The van der Waals surface area contributed by atoms with Gasteiger partial charge in [-0.2, -0.15) is 0 Å². The fourth-order valence-corrected chi connectivity index (χ4v) is 11.6. The van der Waals surface area contributed by atoms with Crippen molar-refractivity contribution in [3.8, 4) is 0 Å². The second kappa shape index (κ2) is 34.4. The van der Waals surface area contributed by atoms with Gasteiger partial charge in [0.1, 0.15) is 140 Å². The smallest absolute Gasteiger partial charge is 0.364 e. The van der Waals surface area contributed by atoms with Crippen LogP contribution >= 0.6 is 0 Å². The van der Waals surface area contributed by atoms with Gasteiger partial charge < -0.3 is 170 Å². The van der Waals surface area contributed by atoms with Crippen LogP contribution in [0.5, 0.6) is 0 Å². The van der Waals surface area contributed by atoms with E-state index < -0.39 is 265 Å². The highest BCUT2D eigenvalue weighted by Crippen LogP contribution is 2.41. The lowest BCUT2D eigenvalue weighted by molar-refractivity contribution is -0.405. The van der Waals surface area contributed by atoms with Gasteiger partial charge in [-0.25, -0.2) is 4.79 Å². The lowest BCUT2D eigenvalue weighted by Gasteiger charge is -2.53. The molecule has 0 saturated carbocycles. The Balaban J connectivity index is 1.35. The summed E-state index contributed by atoms with van der Waals surface area (Å²) in [5.41, 5.74) is 5.36. The maximum Gasteiger partial charge on any atom is 0.364 e. The Morgan fingerprint density at radius 1 is 0.533 bits per heavy atom. The number of carboxylic acids is 1. The molecule has 23 N–H and O–H groups in total. The van der Waals surface area contributed by atoms with Gasteiger partial charge in [-0.05, 0) is 19.8 Å². The zero-order valence-electron chi connectivity index (χ0n) is 50.5. The summed E-state index contributed by atoms with van der Waals surface area (Å²) in [6.07, 6.45) is -56.6. The summed E-state index contributed by atoms with van der Waals surface area (Å²) >= 11 is 0. The molecule has 4 amide bonds. The number of carboxylic acid groups (broad SMARTS) is 1. The minimum atomic E-state index is -3.41. The molecule has 39 heteroatoms. The first-order chi connectivity index (χ1) is 43.4. The van der Waals surface area contributed by atoms with E-state index in [4.69, 9.17) is 62.6 Å². The van der Waals surface area contributed by atoms with Crippen LogP contribution in [0.2, 0.25) is 0 Å². The van der Waals surface area contributed by atoms with Gasteiger partial charge in [-0.3, -0.25) is 19.2 Å². The number of unbranched alkanes of at least 4 members (excludes halogenated alkanes) is 3. The molecule has 0 aromatic rings. The van der Waals surface area contributed by atoms with E-state index in [0.717, 1.165) is 13.8 Å². The van der Waals surface area contributed by atoms with Crippen molar-refractivity contribution in [2.45, 2.75) is 262 Å². The van der Waals surface area contributed by atoms with Crippen LogP contribution in [0.1, 0.15) is 66.2 Å². The van der Waals surface area contributed by atoms with Gasteiger partial charge in [0, 0.05) is 33.8 Å². The molecule has 0 bridgehead atoms. The molecule has 6 aliphatic heterocycles. The highest BCUT2D eigenvalue weighted by molar-refractivity contribution is 5.85. The number of primary amides is 1. The van der Waals surface area contributed by atoms with Crippen LogP contribution < -0.4 is 21.7 Å². The Kier molecular flexibility index (Phi) is 28.9. The van der Waals surface area contributed by atoms with Crippen LogP contribution in [0.15, 0.2) is 0 Å². The van der Waals surface area contributed by atoms with Crippen molar-refractivity contribution in [2.75, 3.05) is 39.6 Å². The zero-order chi connectivity index (χ0) is 68.4. The van der Waals surface area contributed by atoms with E-state index in [2.05, 4.69) is 16.0 Å². The molecule has 532 valence electrons. The van der Waals surface area contributed by atoms with E-state index in [1.165, 1.54) is 13.8 Å². The average Bonchev–Trinajstić information content (AvgIpc) is 0.763. The lowest BCUT2D eigenvalue weighted by atomic mass is 9.88. The normalized spacial score (nSPS) is 42.8. The van der Waals surface area contributed by atoms with E-state index in [0.29, 0.717) is 25.7 Å². The molecule has 6 fully saturated rings. The maximum absolute atomic E-state index is 13.7. The third-order valence-electron chi connectivity index (χ3n) is 16.5. The summed E-state index contributed by atoms with van der Waals surface area (Å²) in [5.74, 6) is -8.62. The summed E-state index contributed by atoms with van der Waals surface area (Å²) in [6.45, 7) is -1.41. The first-order valence-electron chi connectivity index (χ1n) is 29.8. The van der Waals surface area contributed by atoms with Gasteiger partial charge in [0.2, 0.25) is 23.6 Å². The number of carbonyl (C=O) groups is 5. The van der Waals surface area contributed by atoms with Crippen molar-refractivity contribution >= 4 is 29.6 Å². The Labute approximate surface area is 524 Å². The van der Waals surface area contributed by atoms with Crippen LogP contribution in [0.4, 0.5) is 0 Å². The standard InChI is InChI=1S/C53H90N4O35/c1-17-30(68)34(72)37(75)49(82-17)90-45-35(73)32(70)24(13-59)84-51(45)89-42-29(57-20(4)65)47(83-25(14-60)33(42)71)88-41-27(16-62)86-50(39(77)44(41)92-53(52(79)80)11-22(66)28(56-19(3)64)43(91-53)31(69)23(67)12-58)87-40-26(15-61)85-48(38(76)36(40)74)81-10-8-6-5-7-9-21(46(54)78)55-18(2)63/h17,21-45,47-51,58-62,66-77H,5-16H2,1-4H3,(H2,54,78)(H,55,63)(H,56,64)(H,57,65)(H,79,80)/t17-,21-,22-,23+,24+,25+,26+,27+,28+,29+,30+,31+,32-,33-,34+,35-,36+,37-,38+,39+,40+,41-,42+,43+,44+,45+,47-,48+,49-,50-,51-,53-/m0/s1. The van der Waals surface area contributed by atoms with Crippen LogP contribution in [0.25, 0.3) is 0 Å². The number of ether oxygens (including phenoxy) is 12. The van der Waals surface area contributed by atoms with Gasteiger partial charge in [-0.1, -0.05) is 19.3 Å². The maximum atomic E-state index is 13.7. The zero-order valence-corrected chi connectivity index (χ0v) is 50.5. The third kappa shape index (κ3) is 18.2. The van der Waals surface area contributed by atoms with Gasteiger partial charge in [0.25, 0.3) is 5.79 Å². The molecule has 39 nitrogen and oxygen atoms in total. The molecule has 32 atom stereocenters. The van der Waals surface area contributed by atoms with Gasteiger partial charge >= 0.3 is 5.97 Å². The number of nitrogens with two attached hydrogens (primary N) is 1. The van der Waals surface area contributed by atoms with Crippen LogP contribution in [-0.2, 0) is 80.8 Å². The molecule has 6 saturated heterocycles. The number of amides is 4. The minimum absolute atomic E-state index is 0.103. The first-order valence-corrected chi connectivity index (χ1v) is 29.8. The summed E-state index contributed by atoms with van der Waals surface area (Å²) in [7, 11) is 0. The molecule has 0 aliphatic carbocycles. The van der Waals surface area contributed by atoms with E-state index in [1.54, 1.807) is 0 Å². The van der Waals surface area contributed by atoms with Crippen LogP contribution in [-0.4, -0.2) is 357 Å². The average molecular weight is 1340 g/mol. The van der Waals surface area contributed by atoms with Crippen molar-refractivity contribution in [1.82, 2.24) is 16.0 Å². The second-order valence-corrected chi connectivity index (χ2v) is 23.3. The van der Waals surface area contributed by atoms with E-state index in [-0.39, 0.29) is 13.0 Å². The molecule has 0 aromatic carbocycles. The first kappa shape index (κ1) is 77.2. The Hall–Kier alpha value is -3.81. The van der Waals surface area contributed by atoms with Gasteiger partial charge in [-0.15, -0.1) is 0 Å². The highest BCUT2D eigenvalue weighted by atomic mass is 16.8. The predicted octanol–water partition coefficient (Wildman–Crippen LogP) is -12.6. The van der Waals surface area contributed by atoms with Crippen molar-refractivity contribution in [3.05, 3.63) is 0 Å². The molecule has 6 aliphatic rings. The fraction of sp³-hybridized carbons (Fsp3) is 0.906. The van der Waals surface area contributed by atoms with Crippen LogP contribution in [0.3, 0.4) is 0 Å². The molecule has 0 radical (unpaired) electrons. The molecule has 92 heavy (non-hydrogen) atoms. The van der Waals surface area contributed by atoms with Crippen molar-refractivity contribution in [3.63, 3.8) is 0 Å². The van der Waals surface area contributed by atoms with Gasteiger partial charge in [0.05, 0.1) is 51.3 Å². The number of hydrogen-bond donors (Lipinski definition) is 22. The Bertz CT molecular complexity index is 2360. The number of aliphatic carboxylic acids is 1. The number of rotatable bonds is 30. The molecule has 6 heterocycles. The largest absolute Gasteiger partial charge is 0.477 e. The predicted molar refractivity (Wildman–Crippen MR) is 292 cm³/mol. The quantitative estimate of drug-likeness (QED) is 0.0297. The minimum Gasteiger partial charge on any atom is -0.477 e. The lowest BCUT2D eigenvalue weighted by Crippen LogP contribution is -2.72. The van der Waals surface area contributed by atoms with Gasteiger partial charge in [0.15, 0.2) is 31.5 Å². The number of carbonyl (C=O) groups excluding carboxylic acids is 4. The molecular weight excluding hydrogens is 1250 g/mol. The molecule has 0 aromatic heterocycles. The molecular formula is C53H90N4O35. The summed E-state index contributed by atoms with van der Waals surface area (Å²) in [4.78, 5) is 62.5. The number of nitrogens with one attached hydrogen (secondary N) is 3. The van der Waals surface area contributed by atoms with E-state index in [9.17, 15) is 116 Å². The summed E-state index contributed by atoms with van der Waals surface area (Å²) in [6, 6.07) is -4.67. The van der Waals surface area contributed by atoms with E-state index in [1.807, 2.05) is 0 Å². The monoisotopic (exact) mass is 1340 g/mol. The van der Waals surface area contributed by atoms with Crippen LogP contribution in [0, 0.1) is 0 Å². The summed E-state index contributed by atoms with van der Waals surface area (Å²) in [5, 5.41) is 206. The molecule has 6 rings (SSSR count). The van der Waals surface area contributed by atoms with Crippen molar-refractivity contribution in [1.29, 1.82) is 0 Å². The second-order valence-electron chi connectivity index (χ2n) is 23.3. The highest BCUT2D eigenvalue weighted by Gasteiger charge is 2.62. The SMILES string of the molecule is CC(=O)N[C@H]1[C@H](O[C@@H]2[C@H](O[C@]3(C(=O)O)C[C@H](O)[C@@H](NC(C)=O)[C@H]([C@H](O)[C@H](O)CO)O3)[C@@H](O)[C@H](O[C@H]3[C@H](O)[C@@H](O)[C@H](OCCCCCC[C@H](NC(C)=O)C(N)=O)O[C@@H]3CO)O[C@@H]2CO)O[C@H](CO)[C@H](O)[C@@H]1O[C@@H]1O[C@H](CO)[C@H](O)[C@H](O)[C@H]1O[C@@H]1O[C@@H](C)[C@@H](O)[C@@H](O)[C@@H]1O.